The van der Waals surface area contributed by atoms with Gasteiger partial charge in [0, 0.05) is 60.3 Å². The molecule has 0 saturated heterocycles. The smallest absolute Gasteiger partial charge is 0.253 e. The van der Waals surface area contributed by atoms with Crippen molar-refractivity contribution in [1.29, 1.82) is 0 Å². The zero-order valence-corrected chi connectivity index (χ0v) is 19.2. The van der Waals surface area contributed by atoms with E-state index in [4.69, 9.17) is 5.11 Å². The van der Waals surface area contributed by atoms with Gasteiger partial charge in [0.25, 0.3) is 5.91 Å². The molecule has 1 aromatic heterocycles. The monoisotopic (exact) mass is 462 g/mol. The van der Waals surface area contributed by atoms with E-state index in [1.807, 2.05) is 23.1 Å². The molecule has 2 aromatic carbocycles. The van der Waals surface area contributed by atoms with Crippen molar-refractivity contribution in [3.8, 4) is 11.1 Å². The zero-order chi connectivity index (χ0) is 24.0. The minimum Gasteiger partial charge on any atom is -0.395 e. The third kappa shape index (κ3) is 3.82. The first-order valence-electron chi connectivity index (χ1n) is 11.4. The standard InChI is InChI=1S/C26H27FN4O3/c1-16(33)17-4-6-22(27)20(11-17)19-13-28-25(29-14-19)31-15-26(7-8-26)21-5-3-18(12-23(21)31)24(34)30(2)9-10-32/h3-6,11-14,16,32-33H,7-10,15H2,1-2H3. The number of carbonyl (C=O) groups is 1. The van der Waals surface area contributed by atoms with E-state index < -0.39 is 11.9 Å². The lowest BCUT2D eigenvalue weighted by Crippen LogP contribution is -2.29. The van der Waals surface area contributed by atoms with Crippen molar-refractivity contribution in [2.24, 2.45) is 0 Å². The number of halogens is 1. The second kappa shape index (κ2) is 8.45. The van der Waals surface area contributed by atoms with Crippen LogP contribution in [-0.4, -0.2) is 57.7 Å². The fraction of sp³-hybridized carbons (Fsp3) is 0.346. The molecule has 1 aliphatic carbocycles. The van der Waals surface area contributed by atoms with Crippen molar-refractivity contribution >= 4 is 17.5 Å². The third-order valence-electron chi connectivity index (χ3n) is 6.87. The highest BCUT2D eigenvalue weighted by molar-refractivity contribution is 5.96. The van der Waals surface area contributed by atoms with Gasteiger partial charge in [0.2, 0.25) is 5.95 Å². The van der Waals surface area contributed by atoms with E-state index in [1.54, 1.807) is 38.5 Å². The van der Waals surface area contributed by atoms with Gasteiger partial charge in [-0.1, -0.05) is 12.1 Å². The lowest BCUT2D eigenvalue weighted by molar-refractivity contribution is 0.0767. The second-order valence-corrected chi connectivity index (χ2v) is 9.24. The molecular formula is C26H27FN4O3. The van der Waals surface area contributed by atoms with E-state index in [9.17, 15) is 14.3 Å². The Labute approximate surface area is 197 Å². The molecule has 1 unspecified atom stereocenters. The Hall–Kier alpha value is -3.36. The highest BCUT2D eigenvalue weighted by atomic mass is 19.1. The van der Waals surface area contributed by atoms with Crippen LogP contribution >= 0.6 is 0 Å². The number of benzene rings is 2. The minimum absolute atomic E-state index is 0.0631. The first kappa shape index (κ1) is 22.4. The molecule has 2 N–H and O–H groups in total. The molecule has 0 bridgehead atoms. The maximum Gasteiger partial charge on any atom is 0.253 e. The summed E-state index contributed by atoms with van der Waals surface area (Å²) in [5, 5.41) is 19.0. The molecule has 1 aliphatic heterocycles. The SMILES string of the molecule is CC(O)c1ccc(F)c(-c2cnc(N3CC4(CC4)c4ccc(C(=O)N(C)CCO)cc43)nc2)c1. The number of nitrogens with zero attached hydrogens (tertiary/aromatic N) is 4. The normalized spacial score (nSPS) is 16.4. The van der Waals surface area contributed by atoms with Gasteiger partial charge in [0.1, 0.15) is 5.82 Å². The Bertz CT molecular complexity index is 1240. The van der Waals surface area contributed by atoms with Gasteiger partial charge in [-0.25, -0.2) is 14.4 Å². The topological polar surface area (TPSA) is 89.8 Å². The Kier molecular flexibility index (Phi) is 5.58. The van der Waals surface area contributed by atoms with Gasteiger partial charge in [-0.2, -0.15) is 0 Å². The molecule has 1 fully saturated rings. The van der Waals surface area contributed by atoms with Crippen LogP contribution in [0.1, 0.15) is 47.4 Å². The predicted molar refractivity (Wildman–Crippen MR) is 126 cm³/mol. The summed E-state index contributed by atoms with van der Waals surface area (Å²) in [6, 6.07) is 10.3. The van der Waals surface area contributed by atoms with Crippen LogP contribution in [0, 0.1) is 5.82 Å². The molecule has 2 aliphatic rings. The summed E-state index contributed by atoms with van der Waals surface area (Å²) < 4.78 is 14.5. The lowest BCUT2D eigenvalue weighted by atomic mass is 9.97. The van der Waals surface area contributed by atoms with Crippen molar-refractivity contribution in [3.05, 3.63) is 71.3 Å². The number of hydrogen-bond donors (Lipinski definition) is 2. The van der Waals surface area contributed by atoms with E-state index in [1.165, 1.54) is 16.5 Å². The van der Waals surface area contributed by atoms with Crippen molar-refractivity contribution in [3.63, 3.8) is 0 Å². The fourth-order valence-corrected chi connectivity index (χ4v) is 4.66. The molecule has 2 heterocycles. The fourth-order valence-electron chi connectivity index (χ4n) is 4.66. The van der Waals surface area contributed by atoms with Crippen LogP contribution < -0.4 is 4.90 Å². The summed E-state index contributed by atoms with van der Waals surface area (Å²) >= 11 is 0. The Balaban J connectivity index is 1.48. The van der Waals surface area contributed by atoms with Gasteiger partial charge < -0.3 is 20.0 Å². The Morgan fingerprint density at radius 1 is 1.21 bits per heavy atom. The summed E-state index contributed by atoms with van der Waals surface area (Å²) in [6.07, 6.45) is 4.62. The third-order valence-corrected chi connectivity index (χ3v) is 6.87. The van der Waals surface area contributed by atoms with Crippen molar-refractivity contribution in [2.75, 3.05) is 31.6 Å². The molecule has 8 heteroatoms. The van der Waals surface area contributed by atoms with Crippen LogP contribution in [-0.2, 0) is 5.41 Å². The highest BCUT2D eigenvalue weighted by Crippen LogP contribution is 2.57. The van der Waals surface area contributed by atoms with E-state index >= 15 is 0 Å². The second-order valence-electron chi connectivity index (χ2n) is 9.24. The maximum atomic E-state index is 14.5. The summed E-state index contributed by atoms with van der Waals surface area (Å²) in [5.41, 5.74) is 4.20. The zero-order valence-electron chi connectivity index (χ0n) is 19.2. The molecule has 3 aromatic rings. The molecule has 1 saturated carbocycles. The summed E-state index contributed by atoms with van der Waals surface area (Å²) in [6.45, 7) is 2.54. The van der Waals surface area contributed by atoms with Crippen LogP contribution in [0.15, 0.2) is 48.8 Å². The maximum absolute atomic E-state index is 14.5. The van der Waals surface area contributed by atoms with Crippen molar-refractivity contribution in [2.45, 2.75) is 31.3 Å². The van der Waals surface area contributed by atoms with Crippen molar-refractivity contribution < 1.29 is 19.4 Å². The number of rotatable bonds is 6. The number of aliphatic hydroxyl groups excluding tert-OH is 2. The number of likely N-dealkylation sites (N-methyl/N-ethyl adjacent to an activating group) is 1. The quantitative estimate of drug-likeness (QED) is 0.582. The van der Waals surface area contributed by atoms with Gasteiger partial charge in [-0.3, -0.25) is 4.79 Å². The first-order valence-corrected chi connectivity index (χ1v) is 11.4. The average molecular weight is 463 g/mol. The van der Waals surface area contributed by atoms with Crippen LogP contribution in [0.3, 0.4) is 0 Å². The van der Waals surface area contributed by atoms with Gasteiger partial charge in [-0.15, -0.1) is 0 Å². The molecule has 7 nitrogen and oxygen atoms in total. The number of aromatic nitrogens is 2. The summed E-state index contributed by atoms with van der Waals surface area (Å²) in [5.74, 6) is -0.0631. The van der Waals surface area contributed by atoms with Gasteiger partial charge in [-0.05, 0) is 55.2 Å². The van der Waals surface area contributed by atoms with Gasteiger partial charge in [0.15, 0.2) is 0 Å². The molecule has 34 heavy (non-hydrogen) atoms. The number of carbonyl (C=O) groups excluding carboxylic acids is 1. The molecule has 1 amide bonds. The van der Waals surface area contributed by atoms with Crippen LogP contribution in [0.2, 0.25) is 0 Å². The van der Waals surface area contributed by atoms with Gasteiger partial charge >= 0.3 is 0 Å². The highest BCUT2D eigenvalue weighted by Gasteiger charge is 2.52. The number of fused-ring (bicyclic) bond motifs is 2. The Morgan fingerprint density at radius 2 is 1.94 bits per heavy atom. The molecular weight excluding hydrogens is 435 g/mol. The predicted octanol–water partition coefficient (Wildman–Crippen LogP) is 3.58. The van der Waals surface area contributed by atoms with E-state index in [-0.39, 0.29) is 24.5 Å². The molecule has 0 radical (unpaired) electrons. The van der Waals surface area contributed by atoms with Gasteiger partial charge in [0.05, 0.1) is 12.7 Å². The van der Waals surface area contributed by atoms with Crippen LogP contribution in [0.5, 0.6) is 0 Å². The first-order chi connectivity index (χ1) is 16.3. The molecule has 1 atom stereocenters. The van der Waals surface area contributed by atoms with E-state index in [2.05, 4.69) is 9.97 Å². The summed E-state index contributed by atoms with van der Waals surface area (Å²) in [4.78, 5) is 25.4. The number of anilines is 2. The van der Waals surface area contributed by atoms with Crippen LogP contribution in [0.4, 0.5) is 16.0 Å². The van der Waals surface area contributed by atoms with Crippen LogP contribution in [0.25, 0.3) is 11.1 Å². The Morgan fingerprint density at radius 3 is 2.59 bits per heavy atom. The number of hydrogen-bond acceptors (Lipinski definition) is 6. The summed E-state index contributed by atoms with van der Waals surface area (Å²) in [7, 11) is 1.67. The molecule has 1 spiro atoms. The number of aliphatic hydroxyl groups is 2. The largest absolute Gasteiger partial charge is 0.395 e. The average Bonchev–Trinajstić information content (AvgIpc) is 3.55. The number of amides is 1. The minimum atomic E-state index is -0.705. The van der Waals surface area contributed by atoms with Crippen molar-refractivity contribution in [1.82, 2.24) is 14.9 Å². The molecule has 5 rings (SSSR count). The lowest BCUT2D eigenvalue weighted by Gasteiger charge is -2.20. The molecule has 176 valence electrons. The van der Waals surface area contributed by atoms with E-state index in [0.717, 1.165) is 25.1 Å². The van der Waals surface area contributed by atoms with E-state index in [0.29, 0.717) is 28.2 Å².